The first-order valence-electron chi connectivity index (χ1n) is 5.90. The highest BCUT2D eigenvalue weighted by molar-refractivity contribution is 6.28. The summed E-state index contributed by atoms with van der Waals surface area (Å²) in [5, 5.41) is 12.3. The number of aryl methyl sites for hydroxylation is 1. The molecule has 0 aliphatic heterocycles. The van der Waals surface area contributed by atoms with Gasteiger partial charge in [-0.1, -0.05) is 13.8 Å². The van der Waals surface area contributed by atoms with Crippen LogP contribution in [-0.4, -0.2) is 24.8 Å². The fourth-order valence-corrected chi connectivity index (χ4v) is 2.28. The van der Waals surface area contributed by atoms with Crippen molar-refractivity contribution in [2.45, 2.75) is 26.7 Å². The third-order valence-electron chi connectivity index (χ3n) is 2.88. The zero-order valence-electron chi connectivity index (χ0n) is 10.8. The number of aromatic nitrogens is 5. The van der Waals surface area contributed by atoms with Crippen molar-refractivity contribution in [3.05, 3.63) is 29.1 Å². The summed E-state index contributed by atoms with van der Waals surface area (Å²) in [5.41, 5.74) is 2.83. The summed E-state index contributed by atoms with van der Waals surface area (Å²) >= 11 is 5.82. The van der Waals surface area contributed by atoms with E-state index >= 15 is 0 Å². The van der Waals surface area contributed by atoms with Gasteiger partial charge in [-0.05, 0) is 23.1 Å². The van der Waals surface area contributed by atoms with Crippen molar-refractivity contribution in [3.8, 4) is 11.5 Å². The first kappa shape index (κ1) is 12.1. The van der Waals surface area contributed by atoms with Crippen LogP contribution < -0.4 is 0 Å². The van der Waals surface area contributed by atoms with Crippen LogP contribution in [0.1, 0.15) is 31.2 Å². The largest absolute Gasteiger partial charge is 0.421 e. The summed E-state index contributed by atoms with van der Waals surface area (Å²) in [7, 11) is 0. The number of halogens is 1. The molecule has 0 saturated heterocycles. The van der Waals surface area contributed by atoms with Crippen molar-refractivity contribution in [1.82, 2.24) is 24.8 Å². The van der Waals surface area contributed by atoms with Gasteiger partial charge in [-0.2, -0.15) is 0 Å². The van der Waals surface area contributed by atoms with Gasteiger partial charge >= 0.3 is 0 Å². The second kappa shape index (κ2) is 4.31. The van der Waals surface area contributed by atoms with Crippen LogP contribution in [0.25, 0.3) is 17.0 Å². The van der Waals surface area contributed by atoms with E-state index in [4.69, 9.17) is 16.0 Å². The zero-order chi connectivity index (χ0) is 13.6. The minimum absolute atomic E-state index is 0.200. The highest BCUT2D eigenvalue weighted by Gasteiger charge is 2.20. The molecule has 3 aromatic heterocycles. The fourth-order valence-electron chi connectivity index (χ4n) is 2.15. The van der Waals surface area contributed by atoms with Crippen LogP contribution in [0.4, 0.5) is 0 Å². The van der Waals surface area contributed by atoms with Gasteiger partial charge in [0, 0.05) is 13.1 Å². The number of hydrogen-bond acceptors (Lipinski definition) is 5. The van der Waals surface area contributed by atoms with Crippen molar-refractivity contribution in [2.75, 3.05) is 0 Å². The van der Waals surface area contributed by atoms with Crippen molar-refractivity contribution in [2.24, 2.45) is 0 Å². The molecule has 3 heterocycles. The smallest absolute Gasteiger partial charge is 0.249 e. The molecule has 0 unspecified atom stereocenters. The molecule has 7 heteroatoms. The molecule has 0 bridgehead atoms. The first-order valence-corrected chi connectivity index (χ1v) is 6.28. The van der Waals surface area contributed by atoms with Gasteiger partial charge in [0.15, 0.2) is 0 Å². The molecule has 98 valence electrons. The Bertz CT molecular complexity index is 746. The van der Waals surface area contributed by atoms with Crippen molar-refractivity contribution >= 4 is 17.1 Å². The molecular weight excluding hydrogens is 266 g/mol. The lowest BCUT2D eigenvalue weighted by Gasteiger charge is -2.05. The topological polar surface area (TPSA) is 69.1 Å². The average molecular weight is 278 g/mol. The van der Waals surface area contributed by atoms with Gasteiger partial charge in [0.2, 0.25) is 17.1 Å². The maximum absolute atomic E-state index is 5.82. The van der Waals surface area contributed by atoms with Gasteiger partial charge in [0.25, 0.3) is 0 Å². The van der Waals surface area contributed by atoms with Crippen LogP contribution >= 0.6 is 11.6 Å². The number of hydrogen-bond donors (Lipinski definition) is 0. The van der Waals surface area contributed by atoms with E-state index in [2.05, 4.69) is 34.1 Å². The molecule has 0 saturated carbocycles. The van der Waals surface area contributed by atoms with Gasteiger partial charge in [0.1, 0.15) is 0 Å². The van der Waals surface area contributed by atoms with E-state index in [1.807, 2.05) is 6.20 Å². The highest BCUT2D eigenvalue weighted by Crippen LogP contribution is 2.33. The standard InChI is InChI=1S/C12H12ClN5O/c1-6(2)10-8(11-16-15-7(3)19-11)5-18-9(10)4-14-12(13)17-18/h4-6H,1-3H3. The Morgan fingerprint density at radius 2 is 2.11 bits per heavy atom. The van der Waals surface area contributed by atoms with E-state index in [-0.39, 0.29) is 11.2 Å². The van der Waals surface area contributed by atoms with Crippen LogP contribution in [-0.2, 0) is 0 Å². The van der Waals surface area contributed by atoms with Crippen LogP contribution in [0.2, 0.25) is 5.28 Å². The summed E-state index contributed by atoms with van der Waals surface area (Å²) in [6.45, 7) is 5.95. The van der Waals surface area contributed by atoms with Gasteiger partial charge in [0.05, 0.1) is 17.3 Å². The summed E-state index contributed by atoms with van der Waals surface area (Å²) in [4.78, 5) is 4.03. The van der Waals surface area contributed by atoms with E-state index in [1.54, 1.807) is 17.6 Å². The van der Waals surface area contributed by atoms with E-state index in [0.29, 0.717) is 11.8 Å². The quantitative estimate of drug-likeness (QED) is 0.720. The van der Waals surface area contributed by atoms with Crippen molar-refractivity contribution in [3.63, 3.8) is 0 Å². The van der Waals surface area contributed by atoms with Crippen LogP contribution in [0, 0.1) is 6.92 Å². The minimum atomic E-state index is 0.200. The SMILES string of the molecule is Cc1nnc(-c2cn3nc(Cl)ncc3c2C(C)C)o1. The summed E-state index contributed by atoms with van der Waals surface area (Å²) in [6, 6.07) is 0. The highest BCUT2D eigenvalue weighted by atomic mass is 35.5. The molecule has 0 spiro atoms. The maximum atomic E-state index is 5.82. The summed E-state index contributed by atoms with van der Waals surface area (Å²) in [6.07, 6.45) is 3.54. The number of fused-ring (bicyclic) bond motifs is 1. The number of rotatable bonds is 2. The van der Waals surface area contributed by atoms with Crippen LogP contribution in [0.3, 0.4) is 0 Å². The molecule has 0 fully saturated rings. The molecule has 0 aliphatic rings. The molecule has 0 atom stereocenters. The molecule has 3 rings (SSSR count). The lowest BCUT2D eigenvalue weighted by molar-refractivity contribution is 0.532. The molecule has 0 N–H and O–H groups in total. The lowest BCUT2D eigenvalue weighted by Crippen LogP contribution is -1.94. The van der Waals surface area contributed by atoms with E-state index in [0.717, 1.165) is 16.6 Å². The van der Waals surface area contributed by atoms with Crippen LogP contribution in [0.15, 0.2) is 16.8 Å². The molecule has 0 radical (unpaired) electrons. The molecule has 3 aromatic rings. The first-order chi connectivity index (χ1) is 9.06. The molecule has 0 aliphatic carbocycles. The third kappa shape index (κ3) is 1.98. The Kier molecular flexibility index (Phi) is 2.74. The maximum Gasteiger partial charge on any atom is 0.249 e. The molecule has 19 heavy (non-hydrogen) atoms. The van der Waals surface area contributed by atoms with Gasteiger partial charge in [-0.15, -0.1) is 15.3 Å². The predicted octanol–water partition coefficient (Wildman–Crippen LogP) is 2.86. The van der Waals surface area contributed by atoms with Gasteiger partial charge in [-0.3, -0.25) is 0 Å². The van der Waals surface area contributed by atoms with Crippen LogP contribution in [0.5, 0.6) is 0 Å². The van der Waals surface area contributed by atoms with Crippen molar-refractivity contribution in [1.29, 1.82) is 0 Å². The fraction of sp³-hybridized carbons (Fsp3) is 0.333. The Labute approximate surface area is 114 Å². The monoisotopic (exact) mass is 277 g/mol. The molecule has 6 nitrogen and oxygen atoms in total. The second-order valence-electron chi connectivity index (χ2n) is 4.59. The number of nitrogens with zero attached hydrogens (tertiary/aromatic N) is 5. The second-order valence-corrected chi connectivity index (χ2v) is 4.93. The van der Waals surface area contributed by atoms with Gasteiger partial charge < -0.3 is 4.42 Å². The lowest BCUT2D eigenvalue weighted by atomic mass is 10.0. The van der Waals surface area contributed by atoms with E-state index < -0.39 is 0 Å². The average Bonchev–Trinajstić information content (AvgIpc) is 2.91. The normalized spacial score (nSPS) is 11.6. The minimum Gasteiger partial charge on any atom is -0.421 e. The Hall–Kier alpha value is -1.95. The third-order valence-corrected chi connectivity index (χ3v) is 3.05. The van der Waals surface area contributed by atoms with Gasteiger partial charge in [-0.25, -0.2) is 9.50 Å². The van der Waals surface area contributed by atoms with E-state index in [1.165, 1.54) is 0 Å². The molecule has 0 aromatic carbocycles. The Morgan fingerprint density at radius 1 is 1.32 bits per heavy atom. The summed E-state index contributed by atoms with van der Waals surface area (Å²) < 4.78 is 7.20. The Balaban J connectivity index is 2.31. The van der Waals surface area contributed by atoms with E-state index in [9.17, 15) is 0 Å². The van der Waals surface area contributed by atoms with Crippen molar-refractivity contribution < 1.29 is 4.42 Å². The zero-order valence-corrected chi connectivity index (χ0v) is 11.5. The Morgan fingerprint density at radius 3 is 2.74 bits per heavy atom. The summed E-state index contributed by atoms with van der Waals surface area (Å²) in [5.74, 6) is 1.30. The molecule has 0 amide bonds. The molecular formula is C12H12ClN5O. The predicted molar refractivity (Wildman–Crippen MR) is 70.1 cm³/mol.